The third-order valence-electron chi connectivity index (χ3n) is 4.81. The number of nitrogens with zero attached hydrogens (tertiary/aromatic N) is 3. The Kier molecular flexibility index (Phi) is 4.16. The summed E-state index contributed by atoms with van der Waals surface area (Å²) in [6, 6.07) is 1.25. The van der Waals surface area contributed by atoms with Crippen LogP contribution in [0.4, 0.5) is 4.79 Å². The van der Waals surface area contributed by atoms with E-state index in [1.807, 2.05) is 6.92 Å². The Morgan fingerprint density at radius 3 is 2.83 bits per heavy atom. The summed E-state index contributed by atoms with van der Waals surface area (Å²) in [5.74, 6) is -0.0834. The number of piperazine rings is 1. The fourth-order valence-electron chi connectivity index (χ4n) is 3.27. The zero-order valence-corrected chi connectivity index (χ0v) is 13.5. The average Bonchev–Trinajstić information content (AvgIpc) is 2.91. The van der Waals surface area contributed by atoms with Crippen LogP contribution in [0.25, 0.3) is 0 Å². The Morgan fingerprint density at radius 2 is 2.12 bits per heavy atom. The molecule has 0 aromatic carbocycles. The third-order valence-corrected chi connectivity index (χ3v) is 4.81. The highest BCUT2D eigenvalue weighted by molar-refractivity contribution is 5.77. The van der Waals surface area contributed by atoms with Gasteiger partial charge in [0.1, 0.15) is 6.61 Å². The lowest BCUT2D eigenvalue weighted by atomic mass is 9.93. The van der Waals surface area contributed by atoms with E-state index in [0.717, 1.165) is 0 Å². The van der Waals surface area contributed by atoms with Gasteiger partial charge in [-0.3, -0.25) is 19.5 Å². The highest BCUT2D eigenvalue weighted by atomic mass is 16.6. The first-order valence-electron chi connectivity index (χ1n) is 7.97. The predicted octanol–water partition coefficient (Wildman–Crippen LogP) is -0.630. The first-order valence-corrected chi connectivity index (χ1v) is 7.97. The van der Waals surface area contributed by atoms with E-state index in [1.165, 1.54) is 16.8 Å². The quantitative estimate of drug-likeness (QED) is 0.788. The second kappa shape index (κ2) is 6.14. The average molecular weight is 336 g/mol. The van der Waals surface area contributed by atoms with Gasteiger partial charge in [-0.25, -0.2) is 9.59 Å². The summed E-state index contributed by atoms with van der Waals surface area (Å²) in [6.07, 6.45) is 1.93. The van der Waals surface area contributed by atoms with Crippen LogP contribution >= 0.6 is 0 Å². The molecule has 2 fully saturated rings. The molecule has 0 bridgehead atoms. The van der Waals surface area contributed by atoms with Crippen molar-refractivity contribution < 1.29 is 14.3 Å². The summed E-state index contributed by atoms with van der Waals surface area (Å²) in [7, 11) is 0. The molecule has 0 spiro atoms. The zero-order valence-electron chi connectivity index (χ0n) is 13.5. The Morgan fingerprint density at radius 1 is 1.33 bits per heavy atom. The third kappa shape index (κ3) is 2.81. The minimum Gasteiger partial charge on any atom is -0.447 e. The molecule has 2 amide bonds. The molecule has 1 N–H and O–H groups in total. The van der Waals surface area contributed by atoms with E-state index in [9.17, 15) is 19.2 Å². The first-order chi connectivity index (χ1) is 11.4. The SMILES string of the molecule is CCC12COC(=O)N1CCN(C(=O)CCn1ccc(=O)[nH]c1=O)C2. The molecule has 2 aliphatic rings. The number of cyclic esters (lactones) is 1. The molecule has 0 radical (unpaired) electrons. The molecule has 0 aliphatic carbocycles. The zero-order chi connectivity index (χ0) is 17.3. The largest absolute Gasteiger partial charge is 0.447 e. The fourth-order valence-corrected chi connectivity index (χ4v) is 3.27. The molecule has 2 aliphatic heterocycles. The lowest BCUT2D eigenvalue weighted by Gasteiger charge is -2.44. The molecule has 1 atom stereocenters. The maximum Gasteiger partial charge on any atom is 0.410 e. The normalized spacial score (nSPS) is 23.1. The second-order valence-electron chi connectivity index (χ2n) is 6.15. The number of nitrogens with one attached hydrogen (secondary N) is 1. The van der Waals surface area contributed by atoms with Crippen LogP contribution < -0.4 is 11.2 Å². The van der Waals surface area contributed by atoms with Crippen LogP contribution in [-0.2, 0) is 16.1 Å². The van der Waals surface area contributed by atoms with Crippen molar-refractivity contribution in [2.75, 3.05) is 26.2 Å². The van der Waals surface area contributed by atoms with Gasteiger partial charge in [0.25, 0.3) is 5.56 Å². The summed E-state index contributed by atoms with van der Waals surface area (Å²) < 4.78 is 6.45. The van der Waals surface area contributed by atoms with Crippen molar-refractivity contribution in [1.82, 2.24) is 19.4 Å². The topological polar surface area (TPSA) is 105 Å². The standard InChI is InChI=1S/C15H20N4O5/c1-2-15-9-18(7-8-19(15)14(23)24-10-15)12(21)4-6-17-5-3-11(20)16-13(17)22/h3,5H,2,4,6-10H2,1H3,(H,16,20,22). The van der Waals surface area contributed by atoms with Crippen molar-refractivity contribution >= 4 is 12.0 Å². The fraction of sp³-hybridized carbons (Fsp3) is 0.600. The monoisotopic (exact) mass is 336 g/mol. The summed E-state index contributed by atoms with van der Waals surface area (Å²) >= 11 is 0. The summed E-state index contributed by atoms with van der Waals surface area (Å²) in [6.45, 7) is 3.82. The number of H-pyrrole nitrogens is 1. The Bertz CT molecular complexity index is 770. The number of hydrogen-bond donors (Lipinski definition) is 1. The molecule has 9 heteroatoms. The lowest BCUT2D eigenvalue weighted by Crippen LogP contribution is -2.62. The van der Waals surface area contributed by atoms with Crippen LogP contribution in [0.2, 0.25) is 0 Å². The predicted molar refractivity (Wildman–Crippen MR) is 83.6 cm³/mol. The number of rotatable bonds is 4. The van der Waals surface area contributed by atoms with Gasteiger partial charge in [-0.1, -0.05) is 6.92 Å². The number of ether oxygens (including phenoxy) is 1. The van der Waals surface area contributed by atoms with E-state index in [1.54, 1.807) is 9.80 Å². The van der Waals surface area contributed by atoms with Crippen LogP contribution in [0.5, 0.6) is 0 Å². The molecule has 3 rings (SSSR count). The number of amides is 2. The highest BCUT2D eigenvalue weighted by Crippen LogP contribution is 2.31. The van der Waals surface area contributed by atoms with Crippen molar-refractivity contribution in [1.29, 1.82) is 0 Å². The number of aromatic nitrogens is 2. The molecule has 9 nitrogen and oxygen atoms in total. The van der Waals surface area contributed by atoms with Gasteiger partial charge in [-0.05, 0) is 6.42 Å². The number of aryl methyl sites for hydroxylation is 1. The van der Waals surface area contributed by atoms with Crippen LogP contribution in [0.1, 0.15) is 19.8 Å². The van der Waals surface area contributed by atoms with Crippen molar-refractivity contribution in [2.24, 2.45) is 0 Å². The minimum atomic E-state index is -0.528. The van der Waals surface area contributed by atoms with E-state index >= 15 is 0 Å². The van der Waals surface area contributed by atoms with Crippen LogP contribution in [0, 0.1) is 0 Å². The van der Waals surface area contributed by atoms with Gasteiger partial charge in [0.15, 0.2) is 0 Å². The van der Waals surface area contributed by atoms with E-state index in [0.29, 0.717) is 32.7 Å². The second-order valence-corrected chi connectivity index (χ2v) is 6.15. The minimum absolute atomic E-state index is 0.0834. The van der Waals surface area contributed by atoms with Gasteiger partial charge in [0.2, 0.25) is 5.91 Å². The van der Waals surface area contributed by atoms with Crippen molar-refractivity contribution in [2.45, 2.75) is 31.8 Å². The summed E-state index contributed by atoms with van der Waals surface area (Å²) in [5, 5.41) is 0. The van der Waals surface area contributed by atoms with E-state index < -0.39 is 16.8 Å². The van der Waals surface area contributed by atoms with Crippen LogP contribution in [-0.4, -0.2) is 63.1 Å². The lowest BCUT2D eigenvalue weighted by molar-refractivity contribution is -0.135. The van der Waals surface area contributed by atoms with Crippen LogP contribution in [0.3, 0.4) is 0 Å². The Hall–Kier alpha value is -2.58. The van der Waals surface area contributed by atoms with Gasteiger partial charge >= 0.3 is 11.8 Å². The Balaban J connectivity index is 1.64. The molecule has 1 aromatic heterocycles. The molecular weight excluding hydrogens is 316 g/mol. The summed E-state index contributed by atoms with van der Waals surface area (Å²) in [5.41, 5.74) is -1.44. The smallest absolute Gasteiger partial charge is 0.410 e. The molecular formula is C15H20N4O5. The van der Waals surface area contributed by atoms with Gasteiger partial charge < -0.3 is 14.2 Å². The molecule has 1 unspecified atom stereocenters. The maximum absolute atomic E-state index is 12.5. The highest BCUT2D eigenvalue weighted by Gasteiger charge is 2.50. The van der Waals surface area contributed by atoms with Crippen molar-refractivity contribution in [3.05, 3.63) is 33.1 Å². The van der Waals surface area contributed by atoms with Gasteiger partial charge in [-0.15, -0.1) is 0 Å². The summed E-state index contributed by atoms with van der Waals surface area (Å²) in [4.78, 5) is 52.5. The number of hydrogen-bond acceptors (Lipinski definition) is 5. The molecule has 130 valence electrons. The van der Waals surface area contributed by atoms with Gasteiger partial charge in [0.05, 0.1) is 5.54 Å². The molecule has 0 saturated carbocycles. The number of carbonyl (C=O) groups is 2. The first kappa shape index (κ1) is 16.3. The molecule has 24 heavy (non-hydrogen) atoms. The van der Waals surface area contributed by atoms with E-state index in [2.05, 4.69) is 4.98 Å². The van der Waals surface area contributed by atoms with Gasteiger partial charge in [0, 0.05) is 44.9 Å². The maximum atomic E-state index is 12.5. The molecule has 1 aromatic rings. The van der Waals surface area contributed by atoms with Crippen molar-refractivity contribution in [3.63, 3.8) is 0 Å². The molecule has 2 saturated heterocycles. The number of fused-ring (bicyclic) bond motifs is 1. The number of carbonyl (C=O) groups excluding carboxylic acids is 2. The molecule has 3 heterocycles. The van der Waals surface area contributed by atoms with Gasteiger partial charge in [-0.2, -0.15) is 0 Å². The van der Waals surface area contributed by atoms with Crippen LogP contribution in [0.15, 0.2) is 21.9 Å². The van der Waals surface area contributed by atoms with Crippen molar-refractivity contribution in [3.8, 4) is 0 Å². The van der Waals surface area contributed by atoms with E-state index in [-0.39, 0.29) is 25.0 Å². The Labute approximate surface area is 137 Å². The van der Waals surface area contributed by atoms with E-state index in [4.69, 9.17) is 4.74 Å². The number of aromatic amines is 1.